The van der Waals surface area contributed by atoms with Crippen LogP contribution in [0.25, 0.3) is 0 Å². The summed E-state index contributed by atoms with van der Waals surface area (Å²) in [5, 5.41) is 0.954. The van der Waals surface area contributed by atoms with Crippen LogP contribution in [0.4, 0.5) is 0 Å². The summed E-state index contributed by atoms with van der Waals surface area (Å²) >= 11 is 11.6. The Hall–Kier alpha value is -1.16. The maximum absolute atomic E-state index is 12.5. The van der Waals surface area contributed by atoms with Gasteiger partial charge in [0.1, 0.15) is 0 Å². The van der Waals surface area contributed by atoms with Gasteiger partial charge >= 0.3 is 0 Å². The minimum absolute atomic E-state index is 0.158. The number of sulfonamides is 2. The highest BCUT2D eigenvalue weighted by Gasteiger charge is 2.25. The van der Waals surface area contributed by atoms with Gasteiger partial charge in [-0.25, -0.2) is 26.3 Å². The lowest BCUT2D eigenvalue weighted by Crippen LogP contribution is -2.35. The summed E-state index contributed by atoms with van der Waals surface area (Å²) in [4.78, 5) is 0.352. The van der Waals surface area contributed by atoms with Crippen molar-refractivity contribution < 1.29 is 16.8 Å². The van der Waals surface area contributed by atoms with Crippen molar-refractivity contribution >= 4 is 43.2 Å². The van der Waals surface area contributed by atoms with E-state index >= 15 is 0 Å². The molecule has 164 valence electrons. The van der Waals surface area contributed by atoms with Gasteiger partial charge in [-0.2, -0.15) is 0 Å². The van der Waals surface area contributed by atoms with Crippen molar-refractivity contribution in [2.75, 3.05) is 13.1 Å². The molecule has 2 aromatic carbocycles. The topological polar surface area (TPSA) is 92.3 Å². The first-order chi connectivity index (χ1) is 14.2. The number of rotatable bonds is 8. The van der Waals surface area contributed by atoms with Crippen molar-refractivity contribution in [3.63, 3.8) is 0 Å². The SMILES string of the molecule is O=S(=O)(NC[C@H]1CCC[C@@H](CNS(=O)(=O)c2ccc(Cl)cc2)C1)c1ccc(Cl)cc1. The largest absolute Gasteiger partial charge is 0.240 e. The van der Waals surface area contributed by atoms with Crippen LogP contribution in [0.1, 0.15) is 25.7 Å². The second kappa shape index (κ2) is 9.97. The van der Waals surface area contributed by atoms with Crippen molar-refractivity contribution in [1.29, 1.82) is 0 Å². The highest BCUT2D eigenvalue weighted by molar-refractivity contribution is 7.89. The van der Waals surface area contributed by atoms with Gasteiger partial charge in [0, 0.05) is 23.1 Å². The Morgan fingerprint density at radius 1 is 0.700 bits per heavy atom. The van der Waals surface area contributed by atoms with E-state index in [0.717, 1.165) is 25.7 Å². The molecular weight excluding hydrogens is 467 g/mol. The van der Waals surface area contributed by atoms with E-state index in [1.807, 2.05) is 0 Å². The average molecular weight is 491 g/mol. The third-order valence-corrected chi connectivity index (χ3v) is 8.65. The van der Waals surface area contributed by atoms with E-state index in [-0.39, 0.29) is 21.6 Å². The van der Waals surface area contributed by atoms with Crippen molar-refractivity contribution in [3.8, 4) is 0 Å². The van der Waals surface area contributed by atoms with Gasteiger partial charge in [-0.1, -0.05) is 29.6 Å². The van der Waals surface area contributed by atoms with E-state index in [1.54, 1.807) is 24.3 Å². The maximum atomic E-state index is 12.5. The summed E-state index contributed by atoms with van der Waals surface area (Å²) in [7, 11) is -7.20. The lowest BCUT2D eigenvalue weighted by atomic mass is 9.81. The Balaban J connectivity index is 1.52. The van der Waals surface area contributed by atoms with E-state index in [4.69, 9.17) is 23.2 Å². The molecule has 2 aromatic rings. The molecule has 1 aliphatic carbocycles. The molecule has 6 nitrogen and oxygen atoms in total. The first-order valence-corrected chi connectivity index (χ1v) is 13.4. The Morgan fingerprint density at radius 3 is 1.43 bits per heavy atom. The molecule has 0 aromatic heterocycles. The van der Waals surface area contributed by atoms with E-state index in [0.29, 0.717) is 23.1 Å². The molecule has 0 bridgehead atoms. The Labute approximate surface area is 188 Å². The monoisotopic (exact) mass is 490 g/mol. The third kappa shape index (κ3) is 6.42. The molecule has 30 heavy (non-hydrogen) atoms. The van der Waals surface area contributed by atoms with Crippen LogP contribution in [0.15, 0.2) is 58.3 Å². The van der Waals surface area contributed by atoms with Crippen LogP contribution in [0.5, 0.6) is 0 Å². The molecule has 0 heterocycles. The van der Waals surface area contributed by atoms with E-state index < -0.39 is 20.0 Å². The van der Waals surface area contributed by atoms with Crippen molar-refractivity contribution in [1.82, 2.24) is 9.44 Å². The fraction of sp³-hybridized carbons (Fsp3) is 0.400. The molecule has 2 atom stereocenters. The van der Waals surface area contributed by atoms with Gasteiger partial charge in [0.25, 0.3) is 0 Å². The van der Waals surface area contributed by atoms with Crippen LogP contribution in [-0.2, 0) is 20.0 Å². The second-order valence-corrected chi connectivity index (χ2v) is 11.9. The molecular formula is C20H24Cl2N2O4S2. The van der Waals surface area contributed by atoms with Crippen molar-refractivity contribution in [3.05, 3.63) is 58.6 Å². The van der Waals surface area contributed by atoms with E-state index in [2.05, 4.69) is 9.44 Å². The minimum atomic E-state index is -3.60. The normalized spacial score (nSPS) is 20.2. The van der Waals surface area contributed by atoms with Crippen molar-refractivity contribution in [2.24, 2.45) is 11.8 Å². The molecule has 0 radical (unpaired) electrons. The molecule has 3 rings (SSSR count). The summed E-state index contributed by atoms with van der Waals surface area (Å²) in [5.74, 6) is 0.316. The molecule has 2 N–H and O–H groups in total. The average Bonchev–Trinajstić information content (AvgIpc) is 2.72. The first kappa shape index (κ1) is 23.5. The Bertz CT molecular complexity index is 971. The van der Waals surface area contributed by atoms with Gasteiger partial charge in [-0.3, -0.25) is 0 Å². The molecule has 1 saturated carbocycles. The summed E-state index contributed by atoms with van der Waals surface area (Å²) in [5.41, 5.74) is 0. The summed E-state index contributed by atoms with van der Waals surface area (Å²) in [6.45, 7) is 0.650. The lowest BCUT2D eigenvalue weighted by Gasteiger charge is -2.29. The molecule has 1 aliphatic rings. The quantitative estimate of drug-likeness (QED) is 0.583. The van der Waals surface area contributed by atoms with Gasteiger partial charge in [0.05, 0.1) is 9.79 Å². The molecule has 1 fully saturated rings. The highest BCUT2D eigenvalue weighted by Crippen LogP contribution is 2.29. The standard InChI is InChI=1S/C20H24Cl2N2O4S2/c21-17-4-8-19(9-5-17)29(25,26)23-13-15-2-1-3-16(12-15)14-24-30(27,28)20-10-6-18(22)7-11-20/h4-11,15-16,23-24H,1-3,12-14H2/t15-,16+. The van der Waals surface area contributed by atoms with Crippen LogP contribution in [0.2, 0.25) is 10.0 Å². The number of hydrogen-bond donors (Lipinski definition) is 2. The van der Waals surface area contributed by atoms with Crippen LogP contribution in [0.3, 0.4) is 0 Å². The van der Waals surface area contributed by atoms with Gasteiger partial charge < -0.3 is 0 Å². The smallest absolute Gasteiger partial charge is 0.211 e. The number of nitrogens with one attached hydrogen (secondary N) is 2. The number of hydrogen-bond acceptors (Lipinski definition) is 4. The highest BCUT2D eigenvalue weighted by atomic mass is 35.5. The van der Waals surface area contributed by atoms with Crippen LogP contribution >= 0.6 is 23.2 Å². The van der Waals surface area contributed by atoms with Crippen LogP contribution in [0, 0.1) is 11.8 Å². The fourth-order valence-electron chi connectivity index (χ4n) is 3.62. The predicted octanol–water partition coefficient (Wildman–Crippen LogP) is 4.06. The Morgan fingerprint density at radius 2 is 1.07 bits per heavy atom. The summed E-state index contributed by atoms with van der Waals surface area (Å²) in [6.07, 6.45) is 3.50. The molecule has 0 saturated heterocycles. The number of halogens is 2. The summed E-state index contributed by atoms with van der Waals surface area (Å²) < 4.78 is 55.1. The zero-order valence-electron chi connectivity index (χ0n) is 16.2. The zero-order chi connectivity index (χ0) is 21.8. The number of benzene rings is 2. The van der Waals surface area contributed by atoms with E-state index in [1.165, 1.54) is 24.3 Å². The first-order valence-electron chi connectivity index (χ1n) is 9.66. The lowest BCUT2D eigenvalue weighted by molar-refractivity contribution is 0.268. The predicted molar refractivity (Wildman–Crippen MR) is 119 cm³/mol. The van der Waals surface area contributed by atoms with Crippen molar-refractivity contribution in [2.45, 2.75) is 35.5 Å². The van der Waals surface area contributed by atoms with Crippen LogP contribution < -0.4 is 9.44 Å². The van der Waals surface area contributed by atoms with E-state index in [9.17, 15) is 16.8 Å². The van der Waals surface area contributed by atoms with Gasteiger partial charge in [0.15, 0.2) is 0 Å². The second-order valence-electron chi connectivity index (χ2n) is 7.51. The zero-order valence-corrected chi connectivity index (χ0v) is 19.4. The molecule has 0 aliphatic heterocycles. The Kier molecular flexibility index (Phi) is 7.81. The summed E-state index contributed by atoms with van der Waals surface area (Å²) in [6, 6.07) is 12.1. The molecule has 0 amide bonds. The third-order valence-electron chi connectivity index (χ3n) is 5.26. The molecule has 0 spiro atoms. The minimum Gasteiger partial charge on any atom is -0.211 e. The molecule has 10 heteroatoms. The van der Waals surface area contributed by atoms with Gasteiger partial charge in [-0.05, 0) is 79.6 Å². The molecule has 0 unspecified atom stereocenters. The fourth-order valence-corrected chi connectivity index (χ4v) is 6.11. The van der Waals surface area contributed by atoms with Gasteiger partial charge in [0.2, 0.25) is 20.0 Å². The van der Waals surface area contributed by atoms with Crippen LogP contribution in [-0.4, -0.2) is 29.9 Å². The maximum Gasteiger partial charge on any atom is 0.240 e. The van der Waals surface area contributed by atoms with Gasteiger partial charge in [-0.15, -0.1) is 0 Å².